The van der Waals surface area contributed by atoms with Crippen LogP contribution in [0.25, 0.3) is 11.3 Å². The van der Waals surface area contributed by atoms with Crippen LogP contribution in [0.2, 0.25) is 0 Å². The van der Waals surface area contributed by atoms with Gasteiger partial charge in [-0.3, -0.25) is 0 Å². The maximum atomic E-state index is 4.71. The molecule has 17 heavy (non-hydrogen) atoms. The van der Waals surface area contributed by atoms with E-state index in [1.54, 1.807) is 11.3 Å². The molecule has 0 N–H and O–H groups in total. The molecule has 90 valence electrons. The summed E-state index contributed by atoms with van der Waals surface area (Å²) in [6.07, 6.45) is 0. The molecule has 1 aromatic heterocycles. The van der Waals surface area contributed by atoms with Crippen LogP contribution in [-0.4, -0.2) is 24.0 Å². The Hall–Kier alpha value is -0.710. The molecule has 0 bridgehead atoms. The van der Waals surface area contributed by atoms with E-state index >= 15 is 0 Å². The lowest BCUT2D eigenvalue weighted by Gasteiger charge is -2.05. The molecule has 0 saturated heterocycles. The van der Waals surface area contributed by atoms with Crippen molar-refractivity contribution < 1.29 is 0 Å². The van der Waals surface area contributed by atoms with Crippen LogP contribution in [0.3, 0.4) is 0 Å². The Morgan fingerprint density at radius 2 is 1.88 bits per heavy atom. The van der Waals surface area contributed by atoms with Crippen molar-refractivity contribution in [3.8, 4) is 11.3 Å². The third kappa shape index (κ3) is 3.15. The predicted molar refractivity (Wildman–Crippen MR) is 77.4 cm³/mol. The zero-order valence-electron chi connectivity index (χ0n) is 10.2. The normalized spacial score (nSPS) is 11.1. The van der Waals surface area contributed by atoms with E-state index in [1.165, 1.54) is 15.4 Å². The van der Waals surface area contributed by atoms with Gasteiger partial charge in [-0.05, 0) is 33.2 Å². The van der Waals surface area contributed by atoms with Gasteiger partial charge in [0.1, 0.15) is 5.01 Å². The predicted octanol–water partition coefficient (Wildman–Crippen LogP) is 3.94. The van der Waals surface area contributed by atoms with E-state index in [4.69, 9.17) is 4.98 Å². The van der Waals surface area contributed by atoms with E-state index in [0.717, 1.165) is 16.7 Å². The van der Waals surface area contributed by atoms with Gasteiger partial charge in [-0.15, -0.1) is 11.3 Å². The molecule has 0 aliphatic rings. The second-order valence-electron chi connectivity index (χ2n) is 4.26. The summed E-state index contributed by atoms with van der Waals surface area (Å²) >= 11 is 5.23. The smallest absolute Gasteiger partial charge is 0.108 e. The molecule has 2 aromatic rings. The van der Waals surface area contributed by atoms with Gasteiger partial charge in [-0.2, -0.15) is 0 Å². The molecular weight excluding hydrogens is 296 g/mol. The van der Waals surface area contributed by atoms with E-state index in [1.807, 2.05) is 0 Å². The largest absolute Gasteiger partial charge is 0.303 e. The SMILES string of the molecule is Cc1sc(CN(C)C)nc1-c1ccc(Br)cc1. The average Bonchev–Trinajstić information content (AvgIpc) is 2.59. The number of benzene rings is 1. The monoisotopic (exact) mass is 310 g/mol. The summed E-state index contributed by atoms with van der Waals surface area (Å²) in [4.78, 5) is 8.14. The van der Waals surface area contributed by atoms with Crippen molar-refractivity contribution in [2.45, 2.75) is 13.5 Å². The Balaban J connectivity index is 2.32. The van der Waals surface area contributed by atoms with E-state index in [0.29, 0.717) is 0 Å². The van der Waals surface area contributed by atoms with Crippen LogP contribution >= 0.6 is 27.3 Å². The highest BCUT2D eigenvalue weighted by molar-refractivity contribution is 9.10. The number of nitrogens with zero attached hydrogens (tertiary/aromatic N) is 2. The first-order valence-electron chi connectivity index (χ1n) is 5.43. The van der Waals surface area contributed by atoms with Crippen LogP contribution in [0, 0.1) is 6.92 Å². The minimum absolute atomic E-state index is 0.905. The van der Waals surface area contributed by atoms with Crippen LogP contribution in [0.4, 0.5) is 0 Å². The van der Waals surface area contributed by atoms with E-state index in [2.05, 4.69) is 66.1 Å². The third-order valence-corrected chi connectivity index (χ3v) is 3.89. The highest BCUT2D eigenvalue weighted by Gasteiger charge is 2.10. The summed E-state index contributed by atoms with van der Waals surface area (Å²) in [5, 5.41) is 1.17. The van der Waals surface area contributed by atoms with E-state index < -0.39 is 0 Å². The van der Waals surface area contributed by atoms with Gasteiger partial charge in [0.15, 0.2) is 0 Å². The molecule has 1 heterocycles. The number of hydrogen-bond acceptors (Lipinski definition) is 3. The summed E-state index contributed by atoms with van der Waals surface area (Å²) < 4.78 is 1.10. The Morgan fingerprint density at radius 3 is 2.47 bits per heavy atom. The van der Waals surface area contributed by atoms with E-state index in [-0.39, 0.29) is 0 Å². The van der Waals surface area contributed by atoms with Gasteiger partial charge in [0.05, 0.1) is 5.69 Å². The molecule has 0 aliphatic heterocycles. The first-order chi connectivity index (χ1) is 8.06. The van der Waals surface area contributed by atoms with Crippen molar-refractivity contribution in [1.82, 2.24) is 9.88 Å². The first kappa shape index (κ1) is 12.7. The second kappa shape index (κ2) is 5.29. The van der Waals surface area contributed by atoms with Gasteiger partial charge in [-0.25, -0.2) is 4.98 Å². The van der Waals surface area contributed by atoms with E-state index in [9.17, 15) is 0 Å². The molecule has 0 spiro atoms. The summed E-state index contributed by atoms with van der Waals surface area (Å²) in [5.41, 5.74) is 2.30. The van der Waals surface area contributed by atoms with Crippen LogP contribution in [0.1, 0.15) is 9.88 Å². The third-order valence-electron chi connectivity index (χ3n) is 2.41. The zero-order chi connectivity index (χ0) is 12.4. The lowest BCUT2D eigenvalue weighted by molar-refractivity contribution is 0.402. The van der Waals surface area contributed by atoms with Crippen molar-refractivity contribution >= 4 is 27.3 Å². The van der Waals surface area contributed by atoms with Gasteiger partial charge in [0.25, 0.3) is 0 Å². The van der Waals surface area contributed by atoms with Crippen LogP contribution in [0.15, 0.2) is 28.7 Å². The fraction of sp³-hybridized carbons (Fsp3) is 0.308. The van der Waals surface area contributed by atoms with Crippen LogP contribution < -0.4 is 0 Å². The molecule has 4 heteroatoms. The molecule has 2 rings (SSSR count). The van der Waals surface area contributed by atoms with Crippen molar-refractivity contribution in [3.05, 3.63) is 38.6 Å². The molecule has 0 aliphatic carbocycles. The Bertz CT molecular complexity index is 503. The van der Waals surface area contributed by atoms with Crippen molar-refractivity contribution in [1.29, 1.82) is 0 Å². The van der Waals surface area contributed by atoms with Crippen molar-refractivity contribution in [2.75, 3.05) is 14.1 Å². The molecule has 0 radical (unpaired) electrons. The van der Waals surface area contributed by atoms with Gasteiger partial charge in [-0.1, -0.05) is 28.1 Å². The average molecular weight is 311 g/mol. The minimum atomic E-state index is 0.905. The Labute approximate surface area is 114 Å². The summed E-state index contributed by atoms with van der Waals surface area (Å²) in [6.45, 7) is 3.04. The lowest BCUT2D eigenvalue weighted by atomic mass is 10.1. The number of rotatable bonds is 3. The van der Waals surface area contributed by atoms with Gasteiger partial charge < -0.3 is 4.90 Å². The molecule has 0 unspecified atom stereocenters. The number of hydrogen-bond donors (Lipinski definition) is 0. The standard InChI is InChI=1S/C13H15BrN2S/c1-9-13(10-4-6-11(14)7-5-10)15-12(17-9)8-16(2)3/h4-7H,8H2,1-3H3. The quantitative estimate of drug-likeness (QED) is 0.853. The second-order valence-corrected chi connectivity index (χ2v) is 6.46. The van der Waals surface area contributed by atoms with Crippen molar-refractivity contribution in [3.63, 3.8) is 0 Å². The first-order valence-corrected chi connectivity index (χ1v) is 7.04. The lowest BCUT2D eigenvalue weighted by Crippen LogP contribution is -2.10. The summed E-state index contributed by atoms with van der Waals surface area (Å²) in [6, 6.07) is 8.32. The fourth-order valence-corrected chi connectivity index (χ4v) is 3.00. The van der Waals surface area contributed by atoms with Gasteiger partial charge in [0.2, 0.25) is 0 Å². The molecule has 0 atom stereocenters. The van der Waals surface area contributed by atoms with Gasteiger partial charge >= 0.3 is 0 Å². The maximum absolute atomic E-state index is 4.71. The van der Waals surface area contributed by atoms with Crippen LogP contribution in [0.5, 0.6) is 0 Å². The number of thiazole rings is 1. The number of aryl methyl sites for hydroxylation is 1. The molecule has 0 saturated carbocycles. The molecular formula is C13H15BrN2S. The maximum Gasteiger partial charge on any atom is 0.108 e. The fourth-order valence-electron chi connectivity index (χ4n) is 1.67. The Morgan fingerprint density at radius 1 is 1.24 bits per heavy atom. The highest BCUT2D eigenvalue weighted by atomic mass is 79.9. The highest BCUT2D eigenvalue weighted by Crippen LogP contribution is 2.28. The number of aromatic nitrogens is 1. The van der Waals surface area contributed by atoms with Crippen molar-refractivity contribution in [2.24, 2.45) is 0 Å². The molecule has 1 aromatic carbocycles. The minimum Gasteiger partial charge on any atom is -0.303 e. The summed E-state index contributed by atoms with van der Waals surface area (Å²) in [7, 11) is 4.13. The zero-order valence-corrected chi connectivity index (χ0v) is 12.6. The molecule has 0 fully saturated rings. The topological polar surface area (TPSA) is 16.1 Å². The molecule has 0 amide bonds. The number of halogens is 1. The Kier molecular flexibility index (Phi) is 3.97. The summed E-state index contributed by atoms with van der Waals surface area (Å²) in [5.74, 6) is 0. The molecule has 2 nitrogen and oxygen atoms in total. The van der Waals surface area contributed by atoms with Gasteiger partial charge in [0, 0.05) is 21.5 Å². The van der Waals surface area contributed by atoms with Crippen LogP contribution in [-0.2, 0) is 6.54 Å².